The van der Waals surface area contributed by atoms with Crippen LogP contribution in [0.15, 0.2) is 5.03 Å². The molecule has 0 aromatic carbocycles. The number of nitrogens with zero attached hydrogens (tertiary/aromatic N) is 4. The summed E-state index contributed by atoms with van der Waals surface area (Å²) in [5, 5.41) is 17.9. The van der Waals surface area contributed by atoms with E-state index >= 15 is 0 Å². The largest absolute Gasteiger partial charge is 0.237 e. The Bertz CT molecular complexity index is 428. The summed E-state index contributed by atoms with van der Waals surface area (Å²) in [6.45, 7) is 3.54. The number of aryl methyl sites for hydroxylation is 2. The van der Waals surface area contributed by atoms with E-state index in [1.54, 1.807) is 13.8 Å². The Kier molecular flexibility index (Phi) is 3.44. The summed E-state index contributed by atoms with van der Waals surface area (Å²) in [6.07, 6.45) is 0. The van der Waals surface area contributed by atoms with Gasteiger partial charge in [-0.15, -0.1) is 0 Å². The summed E-state index contributed by atoms with van der Waals surface area (Å²) in [7, 11) is 0. The van der Waals surface area contributed by atoms with Crippen molar-refractivity contribution in [1.29, 1.82) is 10.5 Å². The third-order valence-corrected chi connectivity index (χ3v) is 2.40. The van der Waals surface area contributed by atoms with Gasteiger partial charge in [-0.05, 0) is 13.8 Å². The van der Waals surface area contributed by atoms with Gasteiger partial charge in [0.2, 0.25) is 0 Å². The fourth-order valence-corrected chi connectivity index (χ4v) is 1.75. The van der Waals surface area contributed by atoms with E-state index < -0.39 is 0 Å². The molecule has 0 radical (unpaired) electrons. The molecule has 0 amide bonds. The summed E-state index contributed by atoms with van der Waals surface area (Å²) in [4.78, 5) is 8.20. The van der Waals surface area contributed by atoms with Gasteiger partial charge in [0.1, 0.15) is 22.5 Å². The minimum absolute atomic E-state index is 0.296. The molecule has 1 aromatic heterocycles. The Morgan fingerprint density at radius 2 is 2.00 bits per heavy atom. The van der Waals surface area contributed by atoms with Crippen molar-refractivity contribution in [2.24, 2.45) is 0 Å². The first-order valence-corrected chi connectivity index (χ1v) is 4.92. The van der Waals surface area contributed by atoms with Gasteiger partial charge in [-0.2, -0.15) is 10.5 Å². The predicted molar refractivity (Wildman–Crippen MR) is 52.6 cm³/mol. The molecule has 0 aliphatic heterocycles. The smallest absolute Gasteiger partial charge is 0.126 e. The van der Waals surface area contributed by atoms with Crippen LogP contribution in [0.5, 0.6) is 0 Å². The van der Waals surface area contributed by atoms with Crippen molar-refractivity contribution in [3.8, 4) is 12.1 Å². The van der Waals surface area contributed by atoms with Crippen LogP contribution < -0.4 is 0 Å². The number of thioether (sulfide) groups is 1. The van der Waals surface area contributed by atoms with Crippen LogP contribution in [0.25, 0.3) is 0 Å². The van der Waals surface area contributed by atoms with Gasteiger partial charge < -0.3 is 0 Å². The van der Waals surface area contributed by atoms with Gasteiger partial charge >= 0.3 is 0 Å². The molecule has 0 fully saturated rings. The zero-order valence-corrected chi connectivity index (χ0v) is 8.72. The Morgan fingerprint density at radius 1 is 1.29 bits per heavy atom. The van der Waals surface area contributed by atoms with E-state index in [0.29, 0.717) is 27.9 Å². The molecule has 0 bridgehead atoms. The Hall–Kier alpha value is -1.59. The summed E-state index contributed by atoms with van der Waals surface area (Å²) >= 11 is 1.27. The Morgan fingerprint density at radius 3 is 2.57 bits per heavy atom. The van der Waals surface area contributed by atoms with Crippen LogP contribution in [0.1, 0.15) is 17.1 Å². The maximum absolute atomic E-state index is 8.86. The van der Waals surface area contributed by atoms with Crippen molar-refractivity contribution < 1.29 is 0 Å². The molecule has 1 heterocycles. The lowest BCUT2D eigenvalue weighted by molar-refractivity contribution is 0.924. The van der Waals surface area contributed by atoms with Crippen LogP contribution >= 0.6 is 11.8 Å². The van der Waals surface area contributed by atoms with Crippen LogP contribution in [0, 0.1) is 36.5 Å². The van der Waals surface area contributed by atoms with Crippen molar-refractivity contribution in [2.45, 2.75) is 18.9 Å². The van der Waals surface area contributed by atoms with Crippen LogP contribution in [0.2, 0.25) is 0 Å². The van der Waals surface area contributed by atoms with Gasteiger partial charge in [0.15, 0.2) is 0 Å². The van der Waals surface area contributed by atoms with E-state index in [9.17, 15) is 0 Å². The molecule has 70 valence electrons. The third kappa shape index (κ3) is 2.21. The fourth-order valence-electron chi connectivity index (χ4n) is 1.02. The first-order valence-electron chi connectivity index (χ1n) is 3.94. The second-order valence-corrected chi connectivity index (χ2v) is 3.56. The molecule has 1 rings (SSSR count). The maximum Gasteiger partial charge on any atom is 0.126 e. The van der Waals surface area contributed by atoms with Gasteiger partial charge in [0.05, 0.1) is 17.5 Å². The molecule has 0 spiro atoms. The molecule has 0 atom stereocenters. The van der Waals surface area contributed by atoms with E-state index in [0.717, 1.165) is 0 Å². The van der Waals surface area contributed by atoms with E-state index in [4.69, 9.17) is 10.5 Å². The lowest BCUT2D eigenvalue weighted by atomic mass is 10.3. The van der Waals surface area contributed by atoms with Gasteiger partial charge in [-0.25, -0.2) is 9.97 Å². The molecule has 0 aliphatic rings. The highest BCUT2D eigenvalue weighted by molar-refractivity contribution is 7.99. The summed E-state index contributed by atoms with van der Waals surface area (Å²) in [5.41, 5.74) is 1.14. The molecule has 0 saturated carbocycles. The molecule has 0 N–H and O–H groups in total. The molecule has 1 aromatic rings. The lowest BCUT2D eigenvalue weighted by Crippen LogP contribution is -1.98. The quantitative estimate of drug-likeness (QED) is 0.540. The highest BCUT2D eigenvalue weighted by atomic mass is 32.2. The molecule has 14 heavy (non-hydrogen) atoms. The fraction of sp³-hybridized carbons (Fsp3) is 0.333. The highest BCUT2D eigenvalue weighted by Crippen LogP contribution is 2.21. The minimum atomic E-state index is 0.296. The molecule has 0 saturated heterocycles. The zero-order chi connectivity index (χ0) is 10.6. The van der Waals surface area contributed by atoms with Crippen molar-refractivity contribution in [1.82, 2.24) is 9.97 Å². The van der Waals surface area contributed by atoms with Gasteiger partial charge in [-0.3, -0.25) is 0 Å². The Labute approximate surface area is 86.6 Å². The van der Waals surface area contributed by atoms with Crippen molar-refractivity contribution >= 4 is 11.8 Å². The third-order valence-electron chi connectivity index (χ3n) is 1.55. The second-order valence-electron chi connectivity index (χ2n) is 2.59. The maximum atomic E-state index is 8.86. The molecule has 0 aliphatic carbocycles. The van der Waals surface area contributed by atoms with E-state index in [2.05, 4.69) is 9.97 Å². The number of rotatable bonds is 2. The van der Waals surface area contributed by atoms with Crippen LogP contribution in [-0.2, 0) is 0 Å². The van der Waals surface area contributed by atoms with Crippen molar-refractivity contribution in [2.75, 3.05) is 5.75 Å². The first-order chi connectivity index (χ1) is 6.69. The van der Waals surface area contributed by atoms with Gasteiger partial charge in [-0.1, -0.05) is 11.8 Å². The average molecular weight is 204 g/mol. The number of nitriles is 2. The molecular weight excluding hydrogens is 196 g/mol. The van der Waals surface area contributed by atoms with Crippen molar-refractivity contribution in [3.05, 3.63) is 17.1 Å². The van der Waals surface area contributed by atoms with Crippen LogP contribution in [0.4, 0.5) is 0 Å². The summed E-state index contributed by atoms with van der Waals surface area (Å²) in [5.74, 6) is 0.923. The normalized spacial score (nSPS) is 9.14. The summed E-state index contributed by atoms with van der Waals surface area (Å²) in [6, 6.07) is 4.04. The van der Waals surface area contributed by atoms with Gasteiger partial charge in [0, 0.05) is 0 Å². The Balaban J connectivity index is 3.14. The van der Waals surface area contributed by atoms with E-state index in [1.165, 1.54) is 11.8 Å². The van der Waals surface area contributed by atoms with Crippen molar-refractivity contribution in [3.63, 3.8) is 0 Å². The van der Waals surface area contributed by atoms with E-state index in [-0.39, 0.29) is 0 Å². The standard InChI is InChI=1S/C9H8N4S/c1-6-8(5-11)9(14-4-3-10)13-7(2)12-6/h4H2,1-2H3. The molecule has 4 nitrogen and oxygen atoms in total. The lowest BCUT2D eigenvalue weighted by Gasteiger charge is -2.03. The predicted octanol–water partition coefficient (Wildman–Crippen LogP) is 1.58. The first kappa shape index (κ1) is 10.5. The van der Waals surface area contributed by atoms with Crippen LogP contribution in [-0.4, -0.2) is 15.7 Å². The molecule has 0 unspecified atom stereocenters. The second kappa shape index (κ2) is 4.59. The minimum Gasteiger partial charge on any atom is -0.237 e. The number of aromatic nitrogens is 2. The van der Waals surface area contributed by atoms with E-state index in [1.807, 2.05) is 12.1 Å². The SMILES string of the molecule is Cc1nc(C)c(C#N)c(SCC#N)n1. The average Bonchev–Trinajstić information content (AvgIpc) is 2.14. The molecule has 5 heteroatoms. The monoisotopic (exact) mass is 204 g/mol. The van der Waals surface area contributed by atoms with Gasteiger partial charge in [0.25, 0.3) is 0 Å². The number of hydrogen-bond donors (Lipinski definition) is 0. The van der Waals surface area contributed by atoms with Crippen LogP contribution in [0.3, 0.4) is 0 Å². The summed E-state index contributed by atoms with van der Waals surface area (Å²) < 4.78 is 0. The topological polar surface area (TPSA) is 73.4 Å². The number of hydrogen-bond acceptors (Lipinski definition) is 5. The highest BCUT2D eigenvalue weighted by Gasteiger charge is 2.09. The zero-order valence-electron chi connectivity index (χ0n) is 7.90. The molecular formula is C9H8N4S.